The van der Waals surface area contributed by atoms with Crippen LogP contribution in [-0.4, -0.2) is 27.6 Å². The first-order valence-electron chi connectivity index (χ1n) is 8.64. The molecule has 3 N–H and O–H groups in total. The van der Waals surface area contributed by atoms with E-state index in [9.17, 15) is 19.8 Å². The van der Waals surface area contributed by atoms with Crippen LogP contribution < -0.4 is 5.32 Å². The van der Waals surface area contributed by atoms with E-state index in [0.717, 1.165) is 5.56 Å². The number of hydrogen-bond acceptors (Lipinski definition) is 3. The monoisotopic (exact) mass is 347 g/mol. The van der Waals surface area contributed by atoms with Crippen molar-refractivity contribution in [1.29, 1.82) is 0 Å². The Balaban J connectivity index is 2.62. The fraction of sp³-hybridized carbons (Fsp3) is 0.600. The predicted octanol–water partition coefficient (Wildman–Crippen LogP) is 3.64. The van der Waals surface area contributed by atoms with Crippen molar-refractivity contribution in [2.45, 2.75) is 77.7 Å². The molecule has 1 aliphatic rings. The minimum absolute atomic E-state index is 0.216. The molecule has 2 rings (SSSR count). The quantitative estimate of drug-likeness (QED) is 0.779. The summed E-state index contributed by atoms with van der Waals surface area (Å²) in [5.74, 6) is -1.17. The topological polar surface area (TPSA) is 86.6 Å². The van der Waals surface area contributed by atoms with E-state index in [-0.39, 0.29) is 16.6 Å². The number of hydrogen-bond donors (Lipinski definition) is 3. The standard InChI is InChI=1S/C20H29NO4/c1-11-12(16(23)21-20(8-9-20)17(24)25)10-13(18(2,3)4)15(22)14(11)19(5,6)7/h10,22H,8-9H2,1-7H3,(H,21,23)(H,24,25). The Hall–Kier alpha value is -2.04. The number of carboxylic acid groups (broad SMARTS) is 1. The fourth-order valence-corrected chi connectivity index (χ4v) is 3.30. The summed E-state index contributed by atoms with van der Waals surface area (Å²) in [5, 5.41) is 22.9. The summed E-state index contributed by atoms with van der Waals surface area (Å²) >= 11 is 0. The van der Waals surface area contributed by atoms with Crippen LogP contribution in [0.25, 0.3) is 0 Å². The van der Waals surface area contributed by atoms with E-state index in [1.54, 1.807) is 6.07 Å². The zero-order valence-electron chi connectivity index (χ0n) is 16.2. The average Bonchev–Trinajstić information content (AvgIpc) is 3.16. The van der Waals surface area contributed by atoms with Crippen LogP contribution in [0.2, 0.25) is 0 Å². The Labute approximate surface area is 149 Å². The number of aromatic hydroxyl groups is 1. The van der Waals surface area contributed by atoms with Crippen molar-refractivity contribution in [1.82, 2.24) is 5.32 Å². The first kappa shape index (κ1) is 19.3. The highest BCUT2D eigenvalue weighted by molar-refractivity contribution is 6.00. The minimum atomic E-state index is -1.13. The molecule has 0 radical (unpaired) electrons. The van der Waals surface area contributed by atoms with Crippen molar-refractivity contribution in [2.24, 2.45) is 0 Å². The van der Waals surface area contributed by atoms with E-state index < -0.39 is 17.4 Å². The highest BCUT2D eigenvalue weighted by Gasteiger charge is 2.52. The number of carbonyl (C=O) groups is 2. The molecule has 1 amide bonds. The summed E-state index contributed by atoms with van der Waals surface area (Å²) in [7, 11) is 0. The van der Waals surface area contributed by atoms with E-state index in [1.807, 2.05) is 48.5 Å². The maximum Gasteiger partial charge on any atom is 0.329 e. The molecule has 5 nitrogen and oxygen atoms in total. The van der Waals surface area contributed by atoms with Crippen molar-refractivity contribution in [3.8, 4) is 5.75 Å². The van der Waals surface area contributed by atoms with Gasteiger partial charge >= 0.3 is 5.97 Å². The van der Waals surface area contributed by atoms with E-state index in [4.69, 9.17) is 0 Å². The third-order valence-corrected chi connectivity index (χ3v) is 4.87. The second-order valence-corrected chi connectivity index (χ2v) is 9.16. The van der Waals surface area contributed by atoms with Crippen LogP contribution in [-0.2, 0) is 15.6 Å². The van der Waals surface area contributed by atoms with Crippen molar-refractivity contribution in [2.75, 3.05) is 0 Å². The molecule has 0 bridgehead atoms. The smallest absolute Gasteiger partial charge is 0.329 e. The van der Waals surface area contributed by atoms with Crippen LogP contribution >= 0.6 is 0 Å². The zero-order chi connectivity index (χ0) is 19.4. The Morgan fingerprint density at radius 1 is 1.08 bits per heavy atom. The molecule has 0 saturated heterocycles. The molecule has 1 saturated carbocycles. The number of phenols is 1. The molecule has 0 unspecified atom stereocenters. The van der Waals surface area contributed by atoms with Gasteiger partial charge in [0.25, 0.3) is 5.91 Å². The van der Waals surface area contributed by atoms with Crippen molar-refractivity contribution >= 4 is 11.9 Å². The predicted molar refractivity (Wildman–Crippen MR) is 97.3 cm³/mol. The fourth-order valence-electron chi connectivity index (χ4n) is 3.30. The van der Waals surface area contributed by atoms with Gasteiger partial charge in [-0.05, 0) is 42.2 Å². The van der Waals surface area contributed by atoms with Crippen LogP contribution in [0, 0.1) is 6.92 Å². The second kappa shape index (κ2) is 5.75. The van der Waals surface area contributed by atoms with Gasteiger partial charge in [-0.2, -0.15) is 0 Å². The van der Waals surface area contributed by atoms with Gasteiger partial charge < -0.3 is 15.5 Å². The second-order valence-electron chi connectivity index (χ2n) is 9.16. The minimum Gasteiger partial charge on any atom is -0.507 e. The summed E-state index contributed by atoms with van der Waals surface area (Å²) in [6.07, 6.45) is 0.896. The highest BCUT2D eigenvalue weighted by atomic mass is 16.4. The molecule has 1 aromatic rings. The number of benzene rings is 1. The molecule has 0 atom stereocenters. The number of phenolic OH excluding ortho intramolecular Hbond substituents is 1. The molecule has 0 heterocycles. The molecule has 25 heavy (non-hydrogen) atoms. The highest BCUT2D eigenvalue weighted by Crippen LogP contribution is 2.43. The molecule has 138 valence electrons. The Kier molecular flexibility index (Phi) is 4.44. The summed E-state index contributed by atoms with van der Waals surface area (Å²) < 4.78 is 0. The molecule has 0 spiro atoms. The van der Waals surface area contributed by atoms with Gasteiger partial charge in [0, 0.05) is 16.7 Å². The normalized spacial score (nSPS) is 16.4. The molecule has 1 aliphatic carbocycles. The maximum absolute atomic E-state index is 12.8. The molecule has 1 fully saturated rings. The van der Waals surface area contributed by atoms with E-state index in [0.29, 0.717) is 29.5 Å². The summed E-state index contributed by atoms with van der Waals surface area (Å²) in [6.45, 7) is 13.7. The van der Waals surface area contributed by atoms with Crippen molar-refractivity contribution in [3.05, 3.63) is 28.3 Å². The Morgan fingerprint density at radius 3 is 1.96 bits per heavy atom. The Bertz CT molecular complexity index is 732. The molecular formula is C20H29NO4. The summed E-state index contributed by atoms with van der Waals surface area (Å²) in [5.41, 5.74) is 0.701. The first-order chi connectivity index (χ1) is 11.2. The number of carbonyl (C=O) groups excluding carboxylic acids is 1. The third kappa shape index (κ3) is 3.51. The SMILES string of the molecule is Cc1c(C(=O)NC2(C(=O)O)CC2)cc(C(C)(C)C)c(O)c1C(C)(C)C. The number of aliphatic carboxylic acids is 1. The van der Waals surface area contributed by atoms with Crippen molar-refractivity contribution in [3.63, 3.8) is 0 Å². The van der Waals surface area contributed by atoms with Gasteiger partial charge in [-0.3, -0.25) is 4.79 Å². The van der Waals surface area contributed by atoms with Gasteiger partial charge in [0.2, 0.25) is 0 Å². The summed E-state index contributed by atoms with van der Waals surface area (Å²) in [4.78, 5) is 24.2. The Morgan fingerprint density at radius 2 is 1.60 bits per heavy atom. The van der Waals surface area contributed by atoms with Gasteiger partial charge in [-0.1, -0.05) is 41.5 Å². The lowest BCUT2D eigenvalue weighted by Gasteiger charge is -2.30. The molecule has 1 aromatic carbocycles. The third-order valence-electron chi connectivity index (χ3n) is 4.87. The van der Waals surface area contributed by atoms with Gasteiger partial charge in [-0.25, -0.2) is 4.79 Å². The van der Waals surface area contributed by atoms with Gasteiger partial charge in [-0.15, -0.1) is 0 Å². The van der Waals surface area contributed by atoms with E-state index >= 15 is 0 Å². The molecular weight excluding hydrogens is 318 g/mol. The van der Waals surface area contributed by atoms with Crippen LogP contribution in [0.15, 0.2) is 6.07 Å². The molecule has 0 aromatic heterocycles. The number of amides is 1. The first-order valence-corrected chi connectivity index (χ1v) is 8.64. The van der Waals surface area contributed by atoms with Crippen molar-refractivity contribution < 1.29 is 19.8 Å². The number of rotatable bonds is 3. The number of carboxylic acids is 1. The zero-order valence-corrected chi connectivity index (χ0v) is 16.2. The lowest BCUT2D eigenvalue weighted by atomic mass is 9.76. The molecule has 0 aliphatic heterocycles. The van der Waals surface area contributed by atoms with E-state index in [1.165, 1.54) is 0 Å². The average molecular weight is 347 g/mol. The molecule has 5 heteroatoms. The van der Waals surface area contributed by atoms with Crippen LogP contribution in [0.5, 0.6) is 5.75 Å². The van der Waals surface area contributed by atoms with Crippen LogP contribution in [0.4, 0.5) is 0 Å². The van der Waals surface area contributed by atoms with Gasteiger partial charge in [0.1, 0.15) is 11.3 Å². The van der Waals surface area contributed by atoms with Gasteiger partial charge in [0.05, 0.1) is 0 Å². The summed E-state index contributed by atoms with van der Waals surface area (Å²) in [6, 6.07) is 1.70. The van der Waals surface area contributed by atoms with Crippen LogP contribution in [0.3, 0.4) is 0 Å². The lowest BCUT2D eigenvalue weighted by Crippen LogP contribution is -2.43. The van der Waals surface area contributed by atoms with Crippen LogP contribution in [0.1, 0.15) is 81.4 Å². The van der Waals surface area contributed by atoms with Gasteiger partial charge in [0.15, 0.2) is 0 Å². The van der Waals surface area contributed by atoms with E-state index in [2.05, 4.69) is 5.32 Å². The number of nitrogens with one attached hydrogen (secondary N) is 1. The maximum atomic E-state index is 12.8. The lowest BCUT2D eigenvalue weighted by molar-refractivity contribution is -0.140. The largest absolute Gasteiger partial charge is 0.507 e.